The summed E-state index contributed by atoms with van der Waals surface area (Å²) in [5, 5.41) is 21.1. The topological polar surface area (TPSA) is 101 Å². The van der Waals surface area contributed by atoms with Gasteiger partial charge in [0, 0.05) is 32.3 Å². The van der Waals surface area contributed by atoms with E-state index in [-0.39, 0.29) is 34.9 Å². The maximum Gasteiger partial charge on any atom is 0.277 e. The molecule has 174 valence electrons. The number of aromatic hydroxyl groups is 1. The number of methoxy groups -OCH3 is 1. The highest BCUT2D eigenvalue weighted by Crippen LogP contribution is 2.28. The molecule has 1 aliphatic heterocycles. The first-order chi connectivity index (χ1) is 15.8. The van der Waals surface area contributed by atoms with Gasteiger partial charge in [-0.3, -0.25) is 19.3 Å². The van der Waals surface area contributed by atoms with Crippen LogP contribution >= 0.6 is 11.3 Å². The Hall–Kier alpha value is -3.38. The number of carbonyl (C=O) groups excluding carboxylic acids is 1. The number of aromatic nitrogens is 3. The van der Waals surface area contributed by atoms with Crippen LogP contribution in [-0.2, 0) is 11.2 Å². The highest BCUT2D eigenvalue weighted by atomic mass is 32.1. The lowest BCUT2D eigenvalue weighted by atomic mass is 10.1. The summed E-state index contributed by atoms with van der Waals surface area (Å²) < 4.78 is 33.7. The maximum atomic E-state index is 14.0. The quantitative estimate of drug-likeness (QED) is 0.555. The van der Waals surface area contributed by atoms with E-state index < -0.39 is 28.7 Å². The lowest BCUT2D eigenvalue weighted by Crippen LogP contribution is -2.55. The van der Waals surface area contributed by atoms with Crippen molar-refractivity contribution in [1.29, 1.82) is 0 Å². The zero-order valence-corrected chi connectivity index (χ0v) is 18.7. The molecule has 3 aromatic rings. The van der Waals surface area contributed by atoms with Crippen LogP contribution < -0.4 is 10.4 Å². The normalized spacial score (nSPS) is 13.5. The van der Waals surface area contributed by atoms with Gasteiger partial charge in [-0.2, -0.15) is 0 Å². The molecule has 0 saturated carbocycles. The Morgan fingerprint density at radius 2 is 2.03 bits per heavy atom. The van der Waals surface area contributed by atoms with Crippen molar-refractivity contribution >= 4 is 17.2 Å². The fraction of sp³-hybridized carbons (Fsp3) is 0.333. The number of pyridine rings is 1. The second kappa shape index (κ2) is 9.24. The minimum absolute atomic E-state index is 0.0553. The van der Waals surface area contributed by atoms with Gasteiger partial charge < -0.3 is 14.7 Å². The molecule has 12 heteroatoms. The van der Waals surface area contributed by atoms with E-state index in [9.17, 15) is 23.5 Å². The summed E-state index contributed by atoms with van der Waals surface area (Å²) in [6, 6.07) is 3.26. The van der Waals surface area contributed by atoms with Crippen LogP contribution in [0.1, 0.15) is 28.0 Å². The van der Waals surface area contributed by atoms with Crippen molar-refractivity contribution in [3.05, 3.63) is 62.5 Å². The molecular weight excluding hydrogens is 456 g/mol. The van der Waals surface area contributed by atoms with Gasteiger partial charge in [-0.25, -0.2) is 8.78 Å². The molecule has 0 unspecified atom stereocenters. The molecule has 9 nitrogen and oxygen atoms in total. The van der Waals surface area contributed by atoms with Gasteiger partial charge in [-0.15, -0.1) is 10.2 Å². The number of nitrogens with zero attached hydrogens (tertiary/aromatic N) is 5. The molecule has 0 spiro atoms. The average molecular weight is 477 g/mol. The number of hydrogen-bond donors (Lipinski definition) is 1. The average Bonchev–Trinajstić information content (AvgIpc) is 3.25. The van der Waals surface area contributed by atoms with Crippen LogP contribution in [0.15, 0.2) is 29.2 Å². The van der Waals surface area contributed by atoms with Crippen molar-refractivity contribution in [3.63, 3.8) is 0 Å². The predicted octanol–water partition coefficient (Wildman–Crippen LogP) is 1.96. The number of amides is 1. The second-order valence-electron chi connectivity index (χ2n) is 7.35. The summed E-state index contributed by atoms with van der Waals surface area (Å²) in [4.78, 5) is 27.2. The molecule has 2 aromatic heterocycles. The van der Waals surface area contributed by atoms with Gasteiger partial charge in [0.25, 0.3) is 5.91 Å². The number of carbonyl (C=O) groups is 1. The number of rotatable bonds is 7. The smallest absolute Gasteiger partial charge is 0.277 e. The maximum absolute atomic E-state index is 14.0. The first-order valence-electron chi connectivity index (χ1n) is 10.1. The largest absolute Gasteiger partial charge is 0.502 e. The zero-order valence-electron chi connectivity index (χ0n) is 17.9. The van der Waals surface area contributed by atoms with Gasteiger partial charge in [0.2, 0.25) is 5.43 Å². The Labute approximate surface area is 191 Å². The van der Waals surface area contributed by atoms with E-state index in [1.54, 1.807) is 19.0 Å². The Balaban J connectivity index is 1.73. The molecule has 0 fully saturated rings. The Kier molecular flexibility index (Phi) is 6.38. The van der Waals surface area contributed by atoms with Gasteiger partial charge >= 0.3 is 0 Å². The molecule has 1 N–H and O–H groups in total. The Bertz CT molecular complexity index is 1260. The molecule has 1 aliphatic rings. The number of benzene rings is 1. The summed E-state index contributed by atoms with van der Waals surface area (Å²) in [6.45, 7) is 3.22. The summed E-state index contributed by atoms with van der Waals surface area (Å²) in [5.41, 5.74) is -0.596. The van der Waals surface area contributed by atoms with E-state index >= 15 is 0 Å². The van der Waals surface area contributed by atoms with Crippen molar-refractivity contribution in [2.45, 2.75) is 13.3 Å². The number of halogens is 2. The standard InChI is InChI=1S/C21H21F2N5O4S/c1-3-26-11-27(6-7-32-2)28-10-14(18(29)19(30)17(28)21(26)31)20-25-24-16(33-20)8-12-4-5-13(22)9-15(12)23/h4-5,9-10,30H,3,6-8,11H2,1-2H3. The van der Waals surface area contributed by atoms with Crippen molar-refractivity contribution in [2.24, 2.45) is 0 Å². The van der Waals surface area contributed by atoms with Crippen LogP contribution in [0.5, 0.6) is 5.75 Å². The predicted molar refractivity (Wildman–Crippen MR) is 117 cm³/mol. The van der Waals surface area contributed by atoms with Gasteiger partial charge in [-0.05, 0) is 18.6 Å². The zero-order chi connectivity index (χ0) is 23.7. The molecule has 0 bridgehead atoms. The third kappa shape index (κ3) is 4.31. The lowest BCUT2D eigenvalue weighted by Gasteiger charge is -2.39. The van der Waals surface area contributed by atoms with Crippen LogP contribution in [-0.4, -0.2) is 64.3 Å². The summed E-state index contributed by atoms with van der Waals surface area (Å²) >= 11 is 1.05. The molecule has 0 atom stereocenters. The van der Waals surface area contributed by atoms with Crippen molar-refractivity contribution in [2.75, 3.05) is 38.5 Å². The fourth-order valence-corrected chi connectivity index (χ4v) is 4.39. The molecule has 4 rings (SSSR count). The molecule has 33 heavy (non-hydrogen) atoms. The third-order valence-corrected chi connectivity index (χ3v) is 6.24. The Morgan fingerprint density at radius 1 is 1.24 bits per heavy atom. The summed E-state index contributed by atoms with van der Waals surface area (Å²) in [6.07, 6.45) is 1.51. The molecule has 0 radical (unpaired) electrons. The summed E-state index contributed by atoms with van der Waals surface area (Å²) in [7, 11) is 1.55. The van der Waals surface area contributed by atoms with Gasteiger partial charge in [0.1, 0.15) is 23.3 Å². The van der Waals surface area contributed by atoms with Crippen molar-refractivity contribution in [1.82, 2.24) is 19.8 Å². The van der Waals surface area contributed by atoms with E-state index in [2.05, 4.69) is 10.2 Å². The van der Waals surface area contributed by atoms with E-state index in [1.165, 1.54) is 21.8 Å². The molecular formula is C21H21F2N5O4S. The number of ether oxygens (including phenoxy) is 1. The second-order valence-corrected chi connectivity index (χ2v) is 8.41. The molecule has 0 saturated heterocycles. The Morgan fingerprint density at radius 3 is 2.73 bits per heavy atom. The summed E-state index contributed by atoms with van der Waals surface area (Å²) in [5.74, 6) is -2.52. The van der Waals surface area contributed by atoms with Crippen LogP contribution in [0.3, 0.4) is 0 Å². The van der Waals surface area contributed by atoms with Crippen LogP contribution in [0.25, 0.3) is 10.6 Å². The fourth-order valence-electron chi connectivity index (χ4n) is 3.52. The van der Waals surface area contributed by atoms with Gasteiger partial charge in [-0.1, -0.05) is 17.4 Å². The van der Waals surface area contributed by atoms with Crippen molar-refractivity contribution in [3.8, 4) is 16.3 Å². The molecule has 1 aromatic carbocycles. The molecule has 1 amide bonds. The first-order valence-corrected chi connectivity index (χ1v) is 10.9. The highest BCUT2D eigenvalue weighted by Gasteiger charge is 2.33. The van der Waals surface area contributed by atoms with Gasteiger partial charge in [0.05, 0.1) is 18.7 Å². The van der Waals surface area contributed by atoms with E-state index in [0.29, 0.717) is 24.7 Å². The van der Waals surface area contributed by atoms with Crippen LogP contribution in [0, 0.1) is 11.6 Å². The van der Waals surface area contributed by atoms with Crippen LogP contribution in [0.4, 0.5) is 8.78 Å². The van der Waals surface area contributed by atoms with E-state index in [0.717, 1.165) is 23.5 Å². The highest BCUT2D eigenvalue weighted by molar-refractivity contribution is 7.14. The van der Waals surface area contributed by atoms with Crippen molar-refractivity contribution < 1.29 is 23.4 Å². The first kappa shape index (κ1) is 22.8. The molecule has 0 aliphatic carbocycles. The minimum atomic E-state index is -0.755. The number of fused-ring (bicyclic) bond motifs is 1. The van der Waals surface area contributed by atoms with E-state index in [1.807, 2.05) is 0 Å². The third-order valence-electron chi connectivity index (χ3n) is 5.28. The van der Waals surface area contributed by atoms with Gasteiger partial charge in [0.15, 0.2) is 16.5 Å². The molecule has 3 heterocycles. The van der Waals surface area contributed by atoms with Crippen LogP contribution in [0.2, 0.25) is 0 Å². The number of hydrogen-bond acceptors (Lipinski definition) is 8. The van der Waals surface area contributed by atoms with E-state index in [4.69, 9.17) is 4.74 Å². The minimum Gasteiger partial charge on any atom is -0.502 e. The SMILES string of the molecule is CCN1CN(CCOC)n2cc(-c3nnc(Cc4ccc(F)cc4F)s3)c(=O)c(O)c2C1=O. The lowest BCUT2D eigenvalue weighted by molar-refractivity contribution is 0.0688. The monoisotopic (exact) mass is 477 g/mol.